The average molecular weight is 253 g/mol. The zero-order valence-electron chi connectivity index (χ0n) is 10.1. The molecule has 1 aromatic carbocycles. The fourth-order valence-corrected chi connectivity index (χ4v) is 1.43. The van der Waals surface area contributed by atoms with Crippen LogP contribution in [0.4, 0.5) is 10.1 Å². The Balaban J connectivity index is 2.56. The van der Waals surface area contributed by atoms with Crippen molar-refractivity contribution in [2.24, 2.45) is 0 Å². The zero-order valence-corrected chi connectivity index (χ0v) is 10.1. The molecule has 98 valence electrons. The number of nitrogens with one attached hydrogen (secondary N) is 1. The molecule has 0 fully saturated rings. The maximum Gasteiger partial charge on any atom is 0.335 e. The molecule has 0 aliphatic rings. The Bertz CT molecular complexity index is 417. The molecule has 2 N–H and O–H groups in total. The molecule has 1 atom stereocenters. The lowest BCUT2D eigenvalue weighted by Crippen LogP contribution is -2.23. The molecule has 0 spiro atoms. The number of benzene rings is 1. The fourth-order valence-electron chi connectivity index (χ4n) is 1.43. The second-order valence-corrected chi connectivity index (χ2v) is 3.98. The Labute approximate surface area is 105 Å². The number of carbonyl (C=O) groups excluding carboxylic acids is 1. The van der Waals surface area contributed by atoms with Gasteiger partial charge in [-0.05, 0) is 30.7 Å². The van der Waals surface area contributed by atoms with Crippen molar-refractivity contribution in [1.29, 1.82) is 0 Å². The number of carboxylic acids is 1. The van der Waals surface area contributed by atoms with Crippen LogP contribution in [0.3, 0.4) is 0 Å². The van der Waals surface area contributed by atoms with Gasteiger partial charge >= 0.3 is 5.97 Å². The van der Waals surface area contributed by atoms with Crippen molar-refractivity contribution in [2.75, 3.05) is 5.32 Å². The third kappa shape index (κ3) is 4.16. The predicted molar refractivity (Wildman–Crippen MR) is 66.5 cm³/mol. The van der Waals surface area contributed by atoms with Crippen LogP contribution < -0.4 is 5.32 Å². The van der Waals surface area contributed by atoms with Gasteiger partial charge in [0.1, 0.15) is 0 Å². The van der Waals surface area contributed by atoms with E-state index in [0.29, 0.717) is 12.1 Å². The zero-order chi connectivity index (χ0) is 13.5. The van der Waals surface area contributed by atoms with Crippen LogP contribution in [0.1, 0.15) is 36.5 Å². The van der Waals surface area contributed by atoms with Gasteiger partial charge in [-0.25, -0.2) is 9.18 Å². The molecule has 0 heterocycles. The molecule has 0 bridgehead atoms. The van der Waals surface area contributed by atoms with Gasteiger partial charge in [-0.1, -0.05) is 19.8 Å². The van der Waals surface area contributed by atoms with Crippen LogP contribution in [0.5, 0.6) is 0 Å². The van der Waals surface area contributed by atoms with Crippen molar-refractivity contribution < 1.29 is 19.1 Å². The summed E-state index contributed by atoms with van der Waals surface area (Å²) in [4.78, 5) is 22.0. The van der Waals surface area contributed by atoms with Gasteiger partial charge in [0.25, 0.3) is 5.91 Å². The third-order valence-corrected chi connectivity index (χ3v) is 2.50. The number of aromatic carboxylic acids is 1. The molecule has 1 unspecified atom stereocenters. The highest BCUT2D eigenvalue weighted by Gasteiger charge is 2.16. The molecule has 0 saturated carbocycles. The van der Waals surface area contributed by atoms with E-state index in [1.807, 2.05) is 6.92 Å². The minimum atomic E-state index is -1.52. The maximum atomic E-state index is 13.4. The summed E-state index contributed by atoms with van der Waals surface area (Å²) >= 11 is 0. The first-order valence-corrected chi connectivity index (χ1v) is 5.83. The number of hydrogen-bond acceptors (Lipinski definition) is 2. The van der Waals surface area contributed by atoms with E-state index in [1.54, 1.807) is 0 Å². The Kier molecular flexibility index (Phi) is 5.30. The highest BCUT2D eigenvalue weighted by Crippen LogP contribution is 2.12. The summed E-state index contributed by atoms with van der Waals surface area (Å²) in [6, 6.07) is 5.59. The summed E-state index contributed by atoms with van der Waals surface area (Å²) in [5.41, 5.74) is 0.514. The quantitative estimate of drug-likeness (QED) is 0.819. The fraction of sp³-hybridized carbons (Fsp3) is 0.385. The molecule has 0 saturated heterocycles. The largest absolute Gasteiger partial charge is 0.478 e. The highest BCUT2D eigenvalue weighted by molar-refractivity contribution is 5.94. The van der Waals surface area contributed by atoms with Gasteiger partial charge in [0.05, 0.1) is 5.56 Å². The SMILES string of the molecule is CCCCC(F)C(=O)Nc1ccc(C(=O)O)cc1. The minimum Gasteiger partial charge on any atom is -0.478 e. The molecule has 4 nitrogen and oxygen atoms in total. The summed E-state index contributed by atoms with van der Waals surface area (Å²) in [6.07, 6.45) is 0.174. The van der Waals surface area contributed by atoms with E-state index in [0.717, 1.165) is 6.42 Å². The summed E-state index contributed by atoms with van der Waals surface area (Å²) in [5, 5.41) is 11.1. The van der Waals surface area contributed by atoms with Crippen LogP contribution in [0, 0.1) is 0 Å². The molecule has 0 radical (unpaired) electrons. The van der Waals surface area contributed by atoms with Crippen LogP contribution >= 0.6 is 0 Å². The Morgan fingerprint density at radius 3 is 2.44 bits per heavy atom. The van der Waals surface area contributed by atoms with Gasteiger partial charge in [-0.15, -0.1) is 0 Å². The van der Waals surface area contributed by atoms with E-state index < -0.39 is 18.0 Å². The first-order valence-electron chi connectivity index (χ1n) is 5.83. The average Bonchev–Trinajstić information content (AvgIpc) is 2.36. The van der Waals surface area contributed by atoms with Crippen LogP contribution in [-0.2, 0) is 4.79 Å². The number of amides is 1. The molecule has 0 aliphatic heterocycles. The van der Waals surface area contributed by atoms with E-state index in [-0.39, 0.29) is 12.0 Å². The van der Waals surface area contributed by atoms with Crippen molar-refractivity contribution in [3.63, 3.8) is 0 Å². The van der Waals surface area contributed by atoms with Crippen LogP contribution in [0.15, 0.2) is 24.3 Å². The molecule has 18 heavy (non-hydrogen) atoms. The number of carboxylic acid groups (broad SMARTS) is 1. The van der Waals surface area contributed by atoms with E-state index in [2.05, 4.69) is 5.32 Å². The predicted octanol–water partition coefficient (Wildman–Crippen LogP) is 2.85. The van der Waals surface area contributed by atoms with E-state index in [1.165, 1.54) is 24.3 Å². The smallest absolute Gasteiger partial charge is 0.335 e. The van der Waals surface area contributed by atoms with E-state index >= 15 is 0 Å². The summed E-state index contributed by atoms with van der Waals surface area (Å²) in [6.45, 7) is 1.93. The van der Waals surface area contributed by atoms with Gasteiger partial charge in [0.15, 0.2) is 6.17 Å². The summed E-state index contributed by atoms with van der Waals surface area (Å²) in [7, 11) is 0. The molecule has 1 rings (SSSR count). The highest BCUT2D eigenvalue weighted by atomic mass is 19.1. The van der Waals surface area contributed by atoms with Crippen molar-refractivity contribution in [3.8, 4) is 0 Å². The Morgan fingerprint density at radius 2 is 1.94 bits per heavy atom. The van der Waals surface area contributed by atoms with Crippen LogP contribution in [-0.4, -0.2) is 23.2 Å². The number of alkyl halides is 1. The molecule has 0 aliphatic carbocycles. The molecule has 1 aromatic rings. The lowest BCUT2D eigenvalue weighted by atomic mass is 10.1. The van der Waals surface area contributed by atoms with Gasteiger partial charge < -0.3 is 10.4 Å². The first kappa shape index (κ1) is 14.2. The normalized spacial score (nSPS) is 11.9. The Hall–Kier alpha value is -1.91. The second-order valence-electron chi connectivity index (χ2n) is 3.98. The molecular formula is C13H16FNO3. The minimum absolute atomic E-state index is 0.121. The number of hydrogen-bond donors (Lipinski definition) is 2. The number of rotatable bonds is 6. The number of unbranched alkanes of at least 4 members (excludes halogenated alkanes) is 1. The van der Waals surface area contributed by atoms with Crippen LogP contribution in [0.25, 0.3) is 0 Å². The second kappa shape index (κ2) is 6.74. The summed E-state index contributed by atoms with van der Waals surface area (Å²) < 4.78 is 13.4. The van der Waals surface area contributed by atoms with Crippen molar-refractivity contribution in [1.82, 2.24) is 0 Å². The molecule has 0 aromatic heterocycles. The van der Waals surface area contributed by atoms with Crippen molar-refractivity contribution in [2.45, 2.75) is 32.4 Å². The van der Waals surface area contributed by atoms with E-state index in [9.17, 15) is 14.0 Å². The third-order valence-electron chi connectivity index (χ3n) is 2.50. The van der Waals surface area contributed by atoms with E-state index in [4.69, 9.17) is 5.11 Å². The molecule has 5 heteroatoms. The summed E-state index contributed by atoms with van der Waals surface area (Å²) in [5.74, 6) is -1.73. The number of carbonyl (C=O) groups is 2. The Morgan fingerprint density at radius 1 is 1.33 bits per heavy atom. The molecular weight excluding hydrogens is 237 g/mol. The van der Waals surface area contributed by atoms with Gasteiger partial charge in [-0.2, -0.15) is 0 Å². The maximum absolute atomic E-state index is 13.4. The first-order chi connectivity index (χ1) is 8.54. The number of anilines is 1. The molecule has 1 amide bonds. The topological polar surface area (TPSA) is 66.4 Å². The van der Waals surface area contributed by atoms with Gasteiger partial charge in [-0.3, -0.25) is 4.79 Å². The van der Waals surface area contributed by atoms with Gasteiger partial charge in [0, 0.05) is 5.69 Å². The lowest BCUT2D eigenvalue weighted by Gasteiger charge is -2.09. The number of halogens is 1. The van der Waals surface area contributed by atoms with Crippen molar-refractivity contribution >= 4 is 17.6 Å². The monoisotopic (exact) mass is 253 g/mol. The lowest BCUT2D eigenvalue weighted by molar-refractivity contribution is -0.121. The standard InChI is InChI=1S/C13H16FNO3/c1-2-3-4-11(14)12(16)15-10-7-5-9(6-8-10)13(17)18/h5-8,11H,2-4H2,1H3,(H,15,16)(H,17,18). The van der Waals surface area contributed by atoms with Crippen LogP contribution in [0.2, 0.25) is 0 Å². The van der Waals surface area contributed by atoms with Crippen molar-refractivity contribution in [3.05, 3.63) is 29.8 Å². The van der Waals surface area contributed by atoms with Gasteiger partial charge in [0.2, 0.25) is 0 Å².